The fourth-order valence-electron chi connectivity index (χ4n) is 3.94. The molecular weight excluding hydrogens is 306 g/mol. The molecule has 0 radical (unpaired) electrons. The fraction of sp³-hybridized carbons (Fsp3) is 0.136. The second kappa shape index (κ2) is 5.21. The Balaban J connectivity index is 1.83. The van der Waals surface area contributed by atoms with Gasteiger partial charge in [-0.15, -0.1) is 0 Å². The number of benzene rings is 3. The van der Waals surface area contributed by atoms with Crippen molar-refractivity contribution in [1.82, 2.24) is 14.1 Å². The summed E-state index contributed by atoms with van der Waals surface area (Å²) in [4.78, 5) is 4.85. The minimum atomic E-state index is 0.968. The van der Waals surface area contributed by atoms with Crippen LogP contribution in [0.5, 0.6) is 0 Å². The van der Waals surface area contributed by atoms with Crippen LogP contribution < -0.4 is 0 Å². The normalized spacial score (nSPS) is 11.8. The lowest BCUT2D eigenvalue weighted by Crippen LogP contribution is -1.94. The second-order valence-electron chi connectivity index (χ2n) is 6.48. The molecule has 2 heterocycles. The van der Waals surface area contributed by atoms with E-state index < -0.39 is 0 Å². The zero-order valence-electron chi connectivity index (χ0n) is 14.4. The van der Waals surface area contributed by atoms with Crippen molar-refractivity contribution in [3.05, 3.63) is 66.7 Å². The Kier molecular flexibility index (Phi) is 2.98. The van der Waals surface area contributed by atoms with Crippen LogP contribution >= 0.6 is 0 Å². The van der Waals surface area contributed by atoms with Crippen LogP contribution in [0.4, 0.5) is 0 Å². The molecule has 0 spiro atoms. The summed E-state index contributed by atoms with van der Waals surface area (Å²) in [7, 11) is 2.09. The molecule has 0 unspecified atom stereocenters. The Morgan fingerprint density at radius 3 is 2.32 bits per heavy atom. The van der Waals surface area contributed by atoms with Gasteiger partial charge in [0.25, 0.3) is 0 Å². The van der Waals surface area contributed by atoms with Crippen LogP contribution in [0.3, 0.4) is 0 Å². The first kappa shape index (κ1) is 14.3. The molecule has 0 fully saturated rings. The van der Waals surface area contributed by atoms with Gasteiger partial charge in [0.1, 0.15) is 5.82 Å². The molecule has 3 nitrogen and oxygen atoms in total. The van der Waals surface area contributed by atoms with E-state index >= 15 is 0 Å². The molecule has 0 atom stereocenters. The summed E-state index contributed by atoms with van der Waals surface area (Å²) in [5, 5.41) is 2.60. The molecule has 0 saturated heterocycles. The fourth-order valence-corrected chi connectivity index (χ4v) is 3.94. The van der Waals surface area contributed by atoms with E-state index in [1.165, 1.54) is 21.8 Å². The van der Waals surface area contributed by atoms with Gasteiger partial charge in [0.15, 0.2) is 0 Å². The lowest BCUT2D eigenvalue weighted by atomic mass is 10.1. The molecule has 0 bridgehead atoms. The smallest absolute Gasteiger partial charge is 0.140 e. The van der Waals surface area contributed by atoms with Gasteiger partial charge < -0.3 is 9.13 Å². The van der Waals surface area contributed by atoms with E-state index in [9.17, 15) is 0 Å². The number of aromatic nitrogens is 3. The maximum Gasteiger partial charge on any atom is 0.140 e. The van der Waals surface area contributed by atoms with Crippen LogP contribution in [0, 0.1) is 0 Å². The summed E-state index contributed by atoms with van der Waals surface area (Å²) in [5.74, 6) is 1.01. The summed E-state index contributed by atoms with van der Waals surface area (Å²) in [5.41, 5.74) is 5.93. The van der Waals surface area contributed by atoms with E-state index in [4.69, 9.17) is 4.98 Å². The van der Waals surface area contributed by atoms with Crippen LogP contribution in [0.2, 0.25) is 0 Å². The van der Waals surface area contributed by atoms with Crippen molar-refractivity contribution < 1.29 is 0 Å². The zero-order valence-corrected chi connectivity index (χ0v) is 14.4. The SMILES string of the molecule is CCn1c2ccccc2c2cc(-c3nc4ccccc4n3C)ccc21. The molecule has 0 N–H and O–H groups in total. The summed E-state index contributed by atoms with van der Waals surface area (Å²) in [6, 6.07) is 23.6. The molecule has 0 aliphatic heterocycles. The maximum atomic E-state index is 4.85. The molecule has 25 heavy (non-hydrogen) atoms. The topological polar surface area (TPSA) is 22.8 Å². The van der Waals surface area contributed by atoms with Crippen molar-refractivity contribution >= 4 is 32.8 Å². The average Bonchev–Trinajstić information content (AvgIpc) is 3.16. The summed E-state index contributed by atoms with van der Waals surface area (Å²) < 4.78 is 4.55. The van der Waals surface area contributed by atoms with Gasteiger partial charge in [-0.25, -0.2) is 4.98 Å². The molecule has 3 aromatic carbocycles. The van der Waals surface area contributed by atoms with Crippen molar-refractivity contribution in [3.8, 4) is 11.4 Å². The first-order valence-corrected chi connectivity index (χ1v) is 8.70. The molecule has 5 aromatic rings. The van der Waals surface area contributed by atoms with E-state index in [1.54, 1.807) is 0 Å². The van der Waals surface area contributed by atoms with E-state index in [-0.39, 0.29) is 0 Å². The molecule has 0 amide bonds. The number of para-hydroxylation sites is 3. The quantitative estimate of drug-likeness (QED) is 0.428. The third-order valence-corrected chi connectivity index (χ3v) is 5.13. The van der Waals surface area contributed by atoms with Crippen LogP contribution in [0.1, 0.15) is 6.92 Å². The van der Waals surface area contributed by atoms with Crippen LogP contribution in [0.25, 0.3) is 44.2 Å². The van der Waals surface area contributed by atoms with Gasteiger partial charge in [-0.3, -0.25) is 0 Å². The monoisotopic (exact) mass is 325 g/mol. The minimum Gasteiger partial charge on any atom is -0.341 e. The van der Waals surface area contributed by atoms with Crippen molar-refractivity contribution in [2.45, 2.75) is 13.5 Å². The van der Waals surface area contributed by atoms with Gasteiger partial charge in [0.05, 0.1) is 11.0 Å². The van der Waals surface area contributed by atoms with Gasteiger partial charge in [0.2, 0.25) is 0 Å². The highest BCUT2D eigenvalue weighted by Gasteiger charge is 2.13. The first-order chi connectivity index (χ1) is 12.3. The zero-order chi connectivity index (χ0) is 17.0. The van der Waals surface area contributed by atoms with Crippen LogP contribution in [0.15, 0.2) is 66.7 Å². The van der Waals surface area contributed by atoms with E-state index in [1.807, 2.05) is 6.07 Å². The van der Waals surface area contributed by atoms with Crippen LogP contribution in [-0.2, 0) is 13.6 Å². The molecule has 0 saturated carbocycles. The standard InChI is InChI=1S/C22H19N3/c1-3-25-19-10-6-4-8-16(19)17-14-15(12-13-20(17)25)22-23-18-9-5-7-11-21(18)24(22)2/h4-14H,3H2,1-2H3. The average molecular weight is 325 g/mol. The summed E-state index contributed by atoms with van der Waals surface area (Å²) in [6.07, 6.45) is 0. The number of hydrogen-bond donors (Lipinski definition) is 0. The van der Waals surface area contributed by atoms with Crippen molar-refractivity contribution in [1.29, 1.82) is 0 Å². The maximum absolute atomic E-state index is 4.85. The number of nitrogens with zero attached hydrogens (tertiary/aromatic N) is 3. The largest absolute Gasteiger partial charge is 0.341 e. The first-order valence-electron chi connectivity index (χ1n) is 8.70. The van der Waals surface area contributed by atoms with Crippen molar-refractivity contribution in [3.63, 3.8) is 0 Å². The van der Waals surface area contributed by atoms with Gasteiger partial charge in [0, 0.05) is 41.0 Å². The number of hydrogen-bond acceptors (Lipinski definition) is 1. The predicted octanol–water partition coefficient (Wildman–Crippen LogP) is 5.37. The van der Waals surface area contributed by atoms with Crippen molar-refractivity contribution in [2.75, 3.05) is 0 Å². The molecule has 122 valence electrons. The molecule has 0 aliphatic carbocycles. The Morgan fingerprint density at radius 2 is 1.52 bits per heavy atom. The molecule has 5 rings (SSSR count). The van der Waals surface area contributed by atoms with Crippen LogP contribution in [-0.4, -0.2) is 14.1 Å². The Hall–Kier alpha value is -3.07. The summed E-state index contributed by atoms with van der Waals surface area (Å²) in [6.45, 7) is 3.17. The highest BCUT2D eigenvalue weighted by atomic mass is 15.1. The third kappa shape index (κ3) is 1.96. The Bertz CT molecular complexity index is 1240. The number of aryl methyl sites for hydroxylation is 2. The predicted molar refractivity (Wildman–Crippen MR) is 105 cm³/mol. The number of fused-ring (bicyclic) bond motifs is 4. The van der Waals surface area contributed by atoms with Gasteiger partial charge in [-0.2, -0.15) is 0 Å². The van der Waals surface area contributed by atoms with E-state index in [0.29, 0.717) is 0 Å². The Morgan fingerprint density at radius 1 is 0.800 bits per heavy atom. The lowest BCUT2D eigenvalue weighted by molar-refractivity contribution is 0.827. The molecule has 0 aliphatic rings. The lowest BCUT2D eigenvalue weighted by Gasteiger charge is -2.05. The minimum absolute atomic E-state index is 0.968. The van der Waals surface area contributed by atoms with E-state index in [0.717, 1.165) is 29.0 Å². The summed E-state index contributed by atoms with van der Waals surface area (Å²) >= 11 is 0. The van der Waals surface area contributed by atoms with Crippen molar-refractivity contribution in [2.24, 2.45) is 7.05 Å². The third-order valence-electron chi connectivity index (χ3n) is 5.13. The highest BCUT2D eigenvalue weighted by Crippen LogP contribution is 2.33. The second-order valence-corrected chi connectivity index (χ2v) is 6.48. The highest BCUT2D eigenvalue weighted by molar-refractivity contribution is 6.09. The van der Waals surface area contributed by atoms with Gasteiger partial charge >= 0.3 is 0 Å². The van der Waals surface area contributed by atoms with Gasteiger partial charge in [-0.05, 0) is 43.3 Å². The number of imidazole rings is 1. The molecular formula is C22H19N3. The molecule has 3 heteroatoms. The molecule has 2 aromatic heterocycles. The van der Waals surface area contributed by atoms with E-state index in [2.05, 4.69) is 83.8 Å². The van der Waals surface area contributed by atoms with Gasteiger partial charge in [-0.1, -0.05) is 30.3 Å². The number of rotatable bonds is 2. The Labute approximate surface area is 146 Å².